The van der Waals surface area contributed by atoms with Crippen LogP contribution in [0.4, 0.5) is 0 Å². The lowest BCUT2D eigenvalue weighted by molar-refractivity contribution is 0.0946. The van der Waals surface area contributed by atoms with E-state index in [1.54, 1.807) is 18.2 Å². The molecule has 0 aromatic heterocycles. The van der Waals surface area contributed by atoms with E-state index >= 15 is 0 Å². The van der Waals surface area contributed by atoms with E-state index in [0.29, 0.717) is 28.9 Å². The second-order valence-corrected chi connectivity index (χ2v) is 6.23. The number of alkyl halides is 1. The number of benzene rings is 1. The molecule has 106 valence electrons. The maximum Gasteiger partial charge on any atom is 0.251 e. The molecule has 1 rings (SSSR count). The number of rotatable bonds is 7. The van der Waals surface area contributed by atoms with E-state index in [1.165, 1.54) is 0 Å². The molecule has 1 unspecified atom stereocenters. The van der Waals surface area contributed by atoms with Gasteiger partial charge in [0.2, 0.25) is 0 Å². The Morgan fingerprint density at radius 3 is 2.68 bits per heavy atom. The molecule has 0 aliphatic heterocycles. The number of carbonyl (C=O) groups excluding carboxylic acids is 1. The summed E-state index contributed by atoms with van der Waals surface area (Å²) in [6, 6.07) is 5.18. The lowest BCUT2D eigenvalue weighted by Gasteiger charge is -2.15. The Kier molecular flexibility index (Phi) is 7.81. The van der Waals surface area contributed by atoms with E-state index < -0.39 is 0 Å². The van der Waals surface area contributed by atoms with Crippen LogP contribution in [0.25, 0.3) is 0 Å². The van der Waals surface area contributed by atoms with Crippen molar-refractivity contribution in [3.63, 3.8) is 0 Å². The van der Waals surface area contributed by atoms with Crippen molar-refractivity contribution in [1.29, 1.82) is 0 Å². The van der Waals surface area contributed by atoms with Crippen LogP contribution < -0.4 is 5.32 Å². The van der Waals surface area contributed by atoms with Crippen molar-refractivity contribution in [1.82, 2.24) is 5.32 Å². The Morgan fingerprint density at radius 2 is 2.11 bits per heavy atom. The van der Waals surface area contributed by atoms with Crippen LogP contribution in [0.3, 0.4) is 0 Å². The molecule has 0 bridgehead atoms. The molecule has 0 spiro atoms. The van der Waals surface area contributed by atoms with Gasteiger partial charge in [-0.1, -0.05) is 40.9 Å². The summed E-state index contributed by atoms with van der Waals surface area (Å²) in [7, 11) is 0. The van der Waals surface area contributed by atoms with Crippen LogP contribution in [0.5, 0.6) is 0 Å². The Balaban J connectivity index is 2.58. The van der Waals surface area contributed by atoms with Gasteiger partial charge in [0.15, 0.2) is 0 Å². The molecule has 0 aliphatic rings. The molecule has 2 nitrogen and oxygen atoms in total. The minimum atomic E-state index is -0.0983. The standard InChI is InChI=1S/C14H18BrCl2NO/c1-2-3-10(4-5-16)9-18-14(19)11-6-12(15)8-13(17)7-11/h6-8,10H,2-5,9H2,1H3,(H,18,19). The van der Waals surface area contributed by atoms with Crippen LogP contribution in [0.2, 0.25) is 5.02 Å². The third-order valence-electron chi connectivity index (χ3n) is 2.89. The third-order valence-corrected chi connectivity index (χ3v) is 3.78. The molecular formula is C14H18BrCl2NO. The summed E-state index contributed by atoms with van der Waals surface area (Å²) < 4.78 is 0.802. The van der Waals surface area contributed by atoms with Crippen molar-refractivity contribution in [2.24, 2.45) is 5.92 Å². The molecule has 0 saturated heterocycles. The first-order valence-corrected chi connectivity index (χ1v) is 8.07. The predicted octanol–water partition coefficient (Wildman–Crippen LogP) is 4.88. The number of hydrogen-bond acceptors (Lipinski definition) is 1. The fourth-order valence-electron chi connectivity index (χ4n) is 1.94. The van der Waals surface area contributed by atoms with Crippen LogP contribution in [0.1, 0.15) is 36.5 Å². The maximum atomic E-state index is 12.0. The Morgan fingerprint density at radius 1 is 1.37 bits per heavy atom. The Labute approximate surface area is 133 Å². The van der Waals surface area contributed by atoms with Crippen molar-refractivity contribution in [2.45, 2.75) is 26.2 Å². The topological polar surface area (TPSA) is 29.1 Å². The summed E-state index contributed by atoms with van der Waals surface area (Å²) in [5.41, 5.74) is 0.570. The van der Waals surface area contributed by atoms with Gasteiger partial charge in [-0.2, -0.15) is 0 Å². The first-order chi connectivity index (χ1) is 9.06. The van der Waals surface area contributed by atoms with Crippen molar-refractivity contribution in [3.05, 3.63) is 33.3 Å². The number of nitrogens with one attached hydrogen (secondary N) is 1. The van der Waals surface area contributed by atoms with Gasteiger partial charge in [0.05, 0.1) is 0 Å². The quantitative estimate of drug-likeness (QED) is 0.684. The summed E-state index contributed by atoms with van der Waals surface area (Å²) in [6.45, 7) is 2.79. The SMILES string of the molecule is CCCC(CCCl)CNC(=O)c1cc(Cl)cc(Br)c1. The van der Waals surface area contributed by atoms with Crippen molar-refractivity contribution in [2.75, 3.05) is 12.4 Å². The lowest BCUT2D eigenvalue weighted by Crippen LogP contribution is -2.29. The summed E-state index contributed by atoms with van der Waals surface area (Å²) in [4.78, 5) is 12.0. The van der Waals surface area contributed by atoms with Gasteiger partial charge in [0.1, 0.15) is 0 Å². The second-order valence-electron chi connectivity index (χ2n) is 4.50. The molecule has 1 atom stereocenters. The first kappa shape index (κ1) is 16.8. The molecule has 1 N–H and O–H groups in total. The summed E-state index contributed by atoms with van der Waals surface area (Å²) >= 11 is 15.0. The van der Waals surface area contributed by atoms with Crippen LogP contribution in [-0.2, 0) is 0 Å². The van der Waals surface area contributed by atoms with Crippen molar-refractivity contribution < 1.29 is 4.79 Å². The third kappa shape index (κ3) is 6.15. The highest BCUT2D eigenvalue weighted by atomic mass is 79.9. The molecule has 19 heavy (non-hydrogen) atoms. The summed E-state index contributed by atoms with van der Waals surface area (Å²) in [5, 5.41) is 3.49. The van der Waals surface area contributed by atoms with E-state index in [2.05, 4.69) is 28.2 Å². The molecule has 0 saturated carbocycles. The van der Waals surface area contributed by atoms with Gasteiger partial charge in [-0.3, -0.25) is 4.79 Å². The largest absolute Gasteiger partial charge is 0.352 e. The molecule has 0 fully saturated rings. The minimum Gasteiger partial charge on any atom is -0.352 e. The average molecular weight is 367 g/mol. The van der Waals surface area contributed by atoms with Gasteiger partial charge in [0, 0.05) is 27.5 Å². The lowest BCUT2D eigenvalue weighted by atomic mass is 10.0. The van der Waals surface area contributed by atoms with Crippen molar-refractivity contribution in [3.8, 4) is 0 Å². The number of amides is 1. The highest BCUT2D eigenvalue weighted by Gasteiger charge is 2.11. The molecule has 0 heterocycles. The first-order valence-electron chi connectivity index (χ1n) is 6.37. The van der Waals surface area contributed by atoms with E-state index in [-0.39, 0.29) is 5.91 Å². The monoisotopic (exact) mass is 365 g/mol. The number of hydrogen-bond donors (Lipinski definition) is 1. The van der Waals surface area contributed by atoms with Gasteiger partial charge in [-0.05, 0) is 37.0 Å². The van der Waals surface area contributed by atoms with E-state index in [1.807, 2.05) is 0 Å². The normalized spacial score (nSPS) is 12.2. The average Bonchev–Trinajstić information content (AvgIpc) is 2.35. The fourth-order valence-corrected chi connectivity index (χ4v) is 3.10. The molecule has 1 aromatic rings. The van der Waals surface area contributed by atoms with Crippen LogP contribution in [0.15, 0.2) is 22.7 Å². The van der Waals surface area contributed by atoms with Gasteiger partial charge in [-0.25, -0.2) is 0 Å². The van der Waals surface area contributed by atoms with E-state index in [4.69, 9.17) is 23.2 Å². The fraction of sp³-hybridized carbons (Fsp3) is 0.500. The van der Waals surface area contributed by atoms with Gasteiger partial charge >= 0.3 is 0 Å². The van der Waals surface area contributed by atoms with Crippen LogP contribution >= 0.6 is 39.1 Å². The van der Waals surface area contributed by atoms with Crippen LogP contribution in [-0.4, -0.2) is 18.3 Å². The predicted molar refractivity (Wildman–Crippen MR) is 85.2 cm³/mol. The second kappa shape index (κ2) is 8.83. The Hall–Kier alpha value is -0.250. The van der Waals surface area contributed by atoms with Gasteiger partial charge in [0.25, 0.3) is 5.91 Å². The number of carbonyl (C=O) groups is 1. The van der Waals surface area contributed by atoms with E-state index in [9.17, 15) is 4.79 Å². The smallest absolute Gasteiger partial charge is 0.251 e. The summed E-state index contributed by atoms with van der Waals surface area (Å²) in [5.74, 6) is 0.969. The highest BCUT2D eigenvalue weighted by molar-refractivity contribution is 9.10. The zero-order valence-corrected chi connectivity index (χ0v) is 14.0. The van der Waals surface area contributed by atoms with Gasteiger partial charge in [-0.15, -0.1) is 11.6 Å². The Bertz CT molecular complexity index is 400. The zero-order valence-electron chi connectivity index (χ0n) is 10.9. The molecule has 1 amide bonds. The summed E-state index contributed by atoms with van der Waals surface area (Å²) in [6.07, 6.45) is 3.10. The highest BCUT2D eigenvalue weighted by Crippen LogP contribution is 2.19. The number of halogens is 3. The van der Waals surface area contributed by atoms with E-state index in [0.717, 1.165) is 23.7 Å². The molecule has 1 aromatic carbocycles. The minimum absolute atomic E-state index is 0.0983. The molecule has 5 heteroatoms. The zero-order chi connectivity index (χ0) is 14.3. The molecular weight excluding hydrogens is 349 g/mol. The van der Waals surface area contributed by atoms with Crippen molar-refractivity contribution >= 4 is 45.0 Å². The van der Waals surface area contributed by atoms with Crippen LogP contribution in [0, 0.1) is 5.92 Å². The van der Waals surface area contributed by atoms with Gasteiger partial charge < -0.3 is 5.32 Å². The molecule has 0 aliphatic carbocycles. The maximum absolute atomic E-state index is 12.0. The molecule has 0 radical (unpaired) electrons.